The number of aryl methyl sites for hydroxylation is 2. The summed E-state index contributed by atoms with van der Waals surface area (Å²) in [4.78, 5) is 21.7. The fourth-order valence-electron chi connectivity index (χ4n) is 2.29. The number of amides is 1. The number of thiazole rings is 1. The Kier molecular flexibility index (Phi) is 4.48. The lowest BCUT2D eigenvalue weighted by atomic mass is 10.1. The van der Waals surface area contributed by atoms with Crippen LogP contribution in [0.4, 0.5) is 0 Å². The first kappa shape index (κ1) is 15.4. The molecule has 1 N–H and O–H groups in total. The zero-order valence-electron chi connectivity index (χ0n) is 13.0. The Morgan fingerprint density at radius 3 is 2.61 bits per heavy atom. The van der Waals surface area contributed by atoms with E-state index in [1.807, 2.05) is 19.1 Å². The van der Waals surface area contributed by atoms with Crippen LogP contribution in [0.3, 0.4) is 0 Å². The number of rotatable bonds is 4. The van der Waals surface area contributed by atoms with Crippen molar-refractivity contribution in [2.75, 3.05) is 0 Å². The summed E-state index contributed by atoms with van der Waals surface area (Å²) in [7, 11) is 0. The average Bonchev–Trinajstić information content (AvgIpc) is 2.94. The lowest BCUT2D eigenvalue weighted by molar-refractivity contribution is 0.0951. The lowest BCUT2D eigenvalue weighted by Crippen LogP contribution is -2.22. The lowest BCUT2D eigenvalue weighted by Gasteiger charge is -2.03. The summed E-state index contributed by atoms with van der Waals surface area (Å²) >= 11 is 1.63. The van der Waals surface area contributed by atoms with Crippen LogP contribution in [0.2, 0.25) is 0 Å². The molecule has 3 aromatic rings. The topological polar surface area (TPSA) is 54.9 Å². The van der Waals surface area contributed by atoms with E-state index in [0.717, 1.165) is 21.1 Å². The zero-order chi connectivity index (χ0) is 16.2. The van der Waals surface area contributed by atoms with E-state index in [9.17, 15) is 4.79 Å². The van der Waals surface area contributed by atoms with Gasteiger partial charge in [0.05, 0.1) is 12.2 Å². The minimum Gasteiger partial charge on any atom is -0.347 e. The molecule has 116 valence electrons. The highest BCUT2D eigenvalue weighted by Crippen LogP contribution is 2.29. The summed E-state index contributed by atoms with van der Waals surface area (Å²) in [6, 6.07) is 11.6. The summed E-state index contributed by atoms with van der Waals surface area (Å²) in [5.74, 6) is -0.0994. The number of hydrogen-bond acceptors (Lipinski definition) is 4. The molecule has 2 aromatic heterocycles. The third-order valence-electron chi connectivity index (χ3n) is 3.62. The van der Waals surface area contributed by atoms with E-state index < -0.39 is 0 Å². The summed E-state index contributed by atoms with van der Waals surface area (Å²) in [5, 5.41) is 3.93. The molecule has 23 heavy (non-hydrogen) atoms. The van der Waals surface area contributed by atoms with E-state index in [1.54, 1.807) is 35.9 Å². The minimum atomic E-state index is -0.0994. The van der Waals surface area contributed by atoms with Gasteiger partial charge in [0, 0.05) is 28.4 Å². The molecule has 0 aliphatic rings. The van der Waals surface area contributed by atoms with Gasteiger partial charge in [-0.05, 0) is 31.5 Å². The Hall–Kier alpha value is -2.53. The summed E-state index contributed by atoms with van der Waals surface area (Å²) in [6.07, 6.45) is 3.23. The maximum atomic E-state index is 12.1. The number of hydrogen-bond donors (Lipinski definition) is 1. The van der Waals surface area contributed by atoms with E-state index in [4.69, 9.17) is 0 Å². The number of pyridine rings is 1. The van der Waals surface area contributed by atoms with Crippen molar-refractivity contribution in [1.82, 2.24) is 15.3 Å². The highest BCUT2D eigenvalue weighted by atomic mass is 32.1. The predicted octanol–water partition coefficient (Wildman–Crippen LogP) is 3.75. The molecule has 0 saturated carbocycles. The second kappa shape index (κ2) is 6.71. The third kappa shape index (κ3) is 3.46. The molecule has 0 unspecified atom stereocenters. The number of carbonyl (C=O) groups excluding carboxylic acids is 1. The zero-order valence-corrected chi connectivity index (χ0v) is 13.9. The number of nitrogens with one attached hydrogen (secondary N) is 1. The van der Waals surface area contributed by atoms with Crippen molar-refractivity contribution in [1.29, 1.82) is 0 Å². The van der Waals surface area contributed by atoms with Crippen LogP contribution < -0.4 is 5.32 Å². The Balaban J connectivity index is 1.75. The van der Waals surface area contributed by atoms with Crippen molar-refractivity contribution in [2.45, 2.75) is 20.4 Å². The van der Waals surface area contributed by atoms with Crippen LogP contribution in [-0.4, -0.2) is 15.9 Å². The molecule has 2 heterocycles. The van der Waals surface area contributed by atoms with Crippen molar-refractivity contribution in [2.24, 2.45) is 0 Å². The van der Waals surface area contributed by atoms with Crippen LogP contribution in [-0.2, 0) is 6.54 Å². The van der Waals surface area contributed by atoms with E-state index in [-0.39, 0.29) is 5.91 Å². The summed E-state index contributed by atoms with van der Waals surface area (Å²) < 4.78 is 0. The largest absolute Gasteiger partial charge is 0.347 e. The smallest absolute Gasteiger partial charge is 0.251 e. The number of aromatic nitrogens is 2. The minimum absolute atomic E-state index is 0.0994. The van der Waals surface area contributed by atoms with Crippen LogP contribution in [0.1, 0.15) is 26.5 Å². The molecular weight excluding hydrogens is 306 g/mol. The van der Waals surface area contributed by atoms with Crippen molar-refractivity contribution < 1.29 is 4.79 Å². The molecule has 1 amide bonds. The molecule has 0 bridgehead atoms. The Morgan fingerprint density at radius 2 is 1.87 bits per heavy atom. The first-order valence-electron chi connectivity index (χ1n) is 7.35. The van der Waals surface area contributed by atoms with Gasteiger partial charge in [-0.25, -0.2) is 4.98 Å². The quantitative estimate of drug-likeness (QED) is 0.795. The van der Waals surface area contributed by atoms with Gasteiger partial charge < -0.3 is 5.32 Å². The van der Waals surface area contributed by atoms with Gasteiger partial charge in [0.2, 0.25) is 0 Å². The van der Waals surface area contributed by atoms with E-state index in [2.05, 4.69) is 34.3 Å². The SMILES string of the molecule is Cc1ccccc1-c1nc(C)c(CNC(=O)c2ccncc2)s1. The monoisotopic (exact) mass is 323 g/mol. The van der Waals surface area contributed by atoms with Gasteiger partial charge in [0.25, 0.3) is 5.91 Å². The van der Waals surface area contributed by atoms with Gasteiger partial charge >= 0.3 is 0 Å². The normalized spacial score (nSPS) is 10.5. The second-order valence-electron chi connectivity index (χ2n) is 5.26. The molecule has 0 aliphatic carbocycles. The van der Waals surface area contributed by atoms with Gasteiger partial charge in [0.15, 0.2) is 0 Å². The van der Waals surface area contributed by atoms with Gasteiger partial charge in [-0.15, -0.1) is 11.3 Å². The Labute approximate surface area is 139 Å². The molecule has 0 aliphatic heterocycles. The fraction of sp³-hybridized carbons (Fsp3) is 0.167. The van der Waals surface area contributed by atoms with E-state index in [1.165, 1.54) is 5.56 Å². The van der Waals surface area contributed by atoms with Crippen molar-refractivity contribution in [3.05, 3.63) is 70.5 Å². The maximum Gasteiger partial charge on any atom is 0.251 e. The highest BCUT2D eigenvalue weighted by molar-refractivity contribution is 7.15. The molecular formula is C18H17N3OS. The fourth-order valence-corrected chi connectivity index (χ4v) is 3.38. The van der Waals surface area contributed by atoms with Crippen molar-refractivity contribution in [3.63, 3.8) is 0 Å². The summed E-state index contributed by atoms with van der Waals surface area (Å²) in [5.41, 5.74) is 3.92. The van der Waals surface area contributed by atoms with Gasteiger partial charge in [-0.1, -0.05) is 24.3 Å². The van der Waals surface area contributed by atoms with E-state index >= 15 is 0 Å². The number of carbonyl (C=O) groups is 1. The Bertz CT molecular complexity index is 827. The summed E-state index contributed by atoms with van der Waals surface area (Å²) in [6.45, 7) is 4.54. The van der Waals surface area contributed by atoms with Crippen molar-refractivity contribution >= 4 is 17.2 Å². The standard InChI is InChI=1S/C18H17N3OS/c1-12-5-3-4-6-15(12)18-21-13(2)16(23-18)11-20-17(22)14-7-9-19-10-8-14/h3-10H,11H2,1-2H3,(H,20,22). The molecule has 5 heteroatoms. The number of nitrogens with zero attached hydrogens (tertiary/aromatic N) is 2. The average molecular weight is 323 g/mol. The molecule has 4 nitrogen and oxygen atoms in total. The molecule has 3 rings (SSSR count). The Morgan fingerprint density at radius 1 is 1.13 bits per heavy atom. The van der Waals surface area contributed by atoms with Gasteiger partial charge in [-0.3, -0.25) is 9.78 Å². The molecule has 0 radical (unpaired) electrons. The van der Waals surface area contributed by atoms with Crippen LogP contribution in [0, 0.1) is 13.8 Å². The maximum absolute atomic E-state index is 12.1. The molecule has 0 spiro atoms. The molecule has 0 fully saturated rings. The predicted molar refractivity (Wildman–Crippen MR) is 92.4 cm³/mol. The molecule has 0 saturated heterocycles. The molecule has 0 atom stereocenters. The van der Waals surface area contributed by atoms with Crippen LogP contribution in [0.25, 0.3) is 10.6 Å². The first-order chi connectivity index (χ1) is 11.1. The van der Waals surface area contributed by atoms with Crippen LogP contribution in [0.5, 0.6) is 0 Å². The van der Waals surface area contributed by atoms with Gasteiger partial charge in [-0.2, -0.15) is 0 Å². The van der Waals surface area contributed by atoms with Crippen LogP contribution >= 0.6 is 11.3 Å². The molecule has 1 aromatic carbocycles. The van der Waals surface area contributed by atoms with Gasteiger partial charge in [0.1, 0.15) is 5.01 Å². The first-order valence-corrected chi connectivity index (χ1v) is 8.17. The van der Waals surface area contributed by atoms with E-state index in [0.29, 0.717) is 12.1 Å². The second-order valence-corrected chi connectivity index (χ2v) is 6.34. The van der Waals surface area contributed by atoms with Crippen molar-refractivity contribution in [3.8, 4) is 10.6 Å². The van der Waals surface area contributed by atoms with Crippen LogP contribution in [0.15, 0.2) is 48.8 Å². The highest BCUT2D eigenvalue weighted by Gasteiger charge is 2.12. The third-order valence-corrected chi connectivity index (χ3v) is 4.81. The number of benzene rings is 1.